The van der Waals surface area contributed by atoms with E-state index in [9.17, 15) is 9.18 Å². The second kappa shape index (κ2) is 7.94. The van der Waals surface area contributed by atoms with Crippen LogP contribution in [0.1, 0.15) is 12.0 Å². The second-order valence-corrected chi connectivity index (χ2v) is 5.88. The smallest absolute Gasteiger partial charge is 0.220 e. The molecule has 5 heteroatoms. The Bertz CT molecular complexity index is 859. The number of aromatic amines is 1. The van der Waals surface area contributed by atoms with E-state index >= 15 is 0 Å². The molecule has 0 aliphatic carbocycles. The average molecular weight is 340 g/mol. The molecule has 4 nitrogen and oxygen atoms in total. The Balaban J connectivity index is 1.89. The van der Waals surface area contributed by atoms with Gasteiger partial charge < -0.3 is 15.0 Å². The molecule has 0 radical (unpaired) electrons. The minimum absolute atomic E-state index is 0.0400. The van der Waals surface area contributed by atoms with E-state index in [1.165, 1.54) is 12.1 Å². The number of fused-ring (bicyclic) bond motifs is 1. The van der Waals surface area contributed by atoms with Gasteiger partial charge in [0.25, 0.3) is 0 Å². The van der Waals surface area contributed by atoms with Crippen LogP contribution in [0.2, 0.25) is 0 Å². The predicted molar refractivity (Wildman–Crippen MR) is 96.9 cm³/mol. The molecule has 3 aromatic rings. The highest BCUT2D eigenvalue weighted by molar-refractivity contribution is 5.91. The van der Waals surface area contributed by atoms with Crippen molar-refractivity contribution in [3.8, 4) is 11.3 Å². The molecule has 0 aliphatic rings. The van der Waals surface area contributed by atoms with Gasteiger partial charge in [-0.3, -0.25) is 4.79 Å². The van der Waals surface area contributed by atoms with Crippen molar-refractivity contribution in [1.82, 2.24) is 10.3 Å². The number of carbonyl (C=O) groups is 1. The summed E-state index contributed by atoms with van der Waals surface area (Å²) in [5, 5.41) is 3.64. The minimum atomic E-state index is -0.281. The summed E-state index contributed by atoms with van der Waals surface area (Å²) in [6.45, 7) is 0.975. The molecule has 25 heavy (non-hydrogen) atoms. The third kappa shape index (κ3) is 4.06. The quantitative estimate of drug-likeness (QED) is 0.645. The Labute approximate surface area is 146 Å². The lowest BCUT2D eigenvalue weighted by Crippen LogP contribution is -2.27. The molecule has 0 unspecified atom stereocenters. The number of halogens is 1. The highest BCUT2D eigenvalue weighted by atomic mass is 19.1. The van der Waals surface area contributed by atoms with Crippen molar-refractivity contribution in [3.05, 3.63) is 59.9 Å². The van der Waals surface area contributed by atoms with E-state index in [1.807, 2.05) is 30.3 Å². The third-order valence-electron chi connectivity index (χ3n) is 4.16. The Morgan fingerprint density at radius 3 is 2.76 bits per heavy atom. The standard InChI is InChI=1S/C20H21FN2O2/c1-25-12-11-22-19(24)10-8-16-17-13-15(21)7-9-18(17)23-20(16)14-5-3-2-4-6-14/h2-7,9,13,23H,8,10-12H2,1H3,(H,22,24). The van der Waals surface area contributed by atoms with Gasteiger partial charge in [-0.1, -0.05) is 30.3 Å². The predicted octanol–water partition coefficient (Wildman–Crippen LogP) is 3.67. The molecular formula is C20H21FN2O2. The molecule has 0 fully saturated rings. The van der Waals surface area contributed by atoms with Gasteiger partial charge in [0.05, 0.1) is 6.61 Å². The first kappa shape index (κ1) is 17.2. The Morgan fingerprint density at radius 1 is 1.20 bits per heavy atom. The van der Waals surface area contributed by atoms with Crippen molar-refractivity contribution in [2.24, 2.45) is 0 Å². The number of amides is 1. The first-order chi connectivity index (χ1) is 12.2. The molecule has 130 valence electrons. The van der Waals surface area contributed by atoms with Crippen molar-refractivity contribution in [1.29, 1.82) is 0 Å². The number of ether oxygens (including phenoxy) is 1. The van der Waals surface area contributed by atoms with Gasteiger partial charge in [0.1, 0.15) is 5.82 Å². The average Bonchev–Trinajstić information content (AvgIpc) is 2.98. The van der Waals surface area contributed by atoms with Crippen LogP contribution in [0.4, 0.5) is 4.39 Å². The van der Waals surface area contributed by atoms with Crippen molar-refractivity contribution in [3.63, 3.8) is 0 Å². The zero-order valence-corrected chi connectivity index (χ0v) is 14.1. The molecule has 0 bridgehead atoms. The number of hydrogen-bond donors (Lipinski definition) is 2. The maximum atomic E-state index is 13.7. The monoisotopic (exact) mass is 340 g/mol. The number of H-pyrrole nitrogens is 1. The lowest BCUT2D eigenvalue weighted by Gasteiger charge is -2.07. The van der Waals surface area contributed by atoms with E-state index in [0.717, 1.165) is 27.7 Å². The summed E-state index contributed by atoms with van der Waals surface area (Å²) in [5.41, 5.74) is 3.79. The zero-order valence-electron chi connectivity index (χ0n) is 14.1. The summed E-state index contributed by atoms with van der Waals surface area (Å²) in [4.78, 5) is 15.4. The van der Waals surface area contributed by atoms with Gasteiger partial charge in [-0.15, -0.1) is 0 Å². The molecule has 1 amide bonds. The van der Waals surface area contributed by atoms with E-state index in [4.69, 9.17) is 4.74 Å². The number of hydrogen-bond acceptors (Lipinski definition) is 2. The molecule has 2 aromatic carbocycles. The first-order valence-corrected chi connectivity index (χ1v) is 8.30. The zero-order chi connectivity index (χ0) is 17.6. The first-order valence-electron chi connectivity index (χ1n) is 8.30. The summed E-state index contributed by atoms with van der Waals surface area (Å²) in [6, 6.07) is 14.6. The van der Waals surface area contributed by atoms with Crippen LogP contribution in [0.25, 0.3) is 22.2 Å². The van der Waals surface area contributed by atoms with Gasteiger partial charge in [0.2, 0.25) is 5.91 Å². The van der Waals surface area contributed by atoms with Gasteiger partial charge in [-0.25, -0.2) is 4.39 Å². The van der Waals surface area contributed by atoms with Crippen LogP contribution in [-0.2, 0) is 16.0 Å². The number of aromatic nitrogens is 1. The molecule has 1 heterocycles. The summed E-state index contributed by atoms with van der Waals surface area (Å²) >= 11 is 0. The van der Waals surface area contributed by atoms with Crippen molar-refractivity contribution < 1.29 is 13.9 Å². The van der Waals surface area contributed by atoms with Gasteiger partial charge in [0.15, 0.2) is 0 Å². The van der Waals surface area contributed by atoms with Crippen LogP contribution >= 0.6 is 0 Å². The highest BCUT2D eigenvalue weighted by Gasteiger charge is 2.15. The van der Waals surface area contributed by atoms with E-state index < -0.39 is 0 Å². The fourth-order valence-corrected chi connectivity index (χ4v) is 2.95. The maximum absolute atomic E-state index is 13.7. The normalized spacial score (nSPS) is 11.0. The van der Waals surface area contributed by atoms with Crippen LogP contribution in [0.5, 0.6) is 0 Å². The van der Waals surface area contributed by atoms with Gasteiger partial charge >= 0.3 is 0 Å². The summed E-state index contributed by atoms with van der Waals surface area (Å²) in [5.74, 6) is -0.321. The number of benzene rings is 2. The Morgan fingerprint density at radius 2 is 2.00 bits per heavy atom. The summed E-state index contributed by atoms with van der Waals surface area (Å²) < 4.78 is 18.7. The fraction of sp³-hybridized carbons (Fsp3) is 0.250. The Hall–Kier alpha value is -2.66. The number of carbonyl (C=O) groups excluding carboxylic acids is 1. The molecule has 2 N–H and O–H groups in total. The molecular weight excluding hydrogens is 319 g/mol. The van der Waals surface area contributed by atoms with Crippen LogP contribution in [-0.4, -0.2) is 31.2 Å². The second-order valence-electron chi connectivity index (χ2n) is 5.88. The summed E-state index contributed by atoms with van der Waals surface area (Å²) in [7, 11) is 1.60. The number of aryl methyl sites for hydroxylation is 1. The van der Waals surface area contributed by atoms with Crippen LogP contribution in [0.3, 0.4) is 0 Å². The van der Waals surface area contributed by atoms with Crippen molar-refractivity contribution in [2.75, 3.05) is 20.3 Å². The van der Waals surface area contributed by atoms with E-state index in [-0.39, 0.29) is 11.7 Å². The molecule has 3 rings (SSSR count). The molecule has 0 saturated heterocycles. The number of nitrogens with one attached hydrogen (secondary N) is 2. The van der Waals surface area contributed by atoms with Crippen molar-refractivity contribution in [2.45, 2.75) is 12.8 Å². The minimum Gasteiger partial charge on any atom is -0.383 e. The lowest BCUT2D eigenvalue weighted by atomic mass is 10.0. The van der Waals surface area contributed by atoms with Gasteiger partial charge in [-0.05, 0) is 35.7 Å². The molecule has 0 saturated carbocycles. The number of rotatable bonds is 7. The SMILES string of the molecule is COCCNC(=O)CCc1c(-c2ccccc2)[nH]c2ccc(F)cc12. The maximum Gasteiger partial charge on any atom is 0.220 e. The fourth-order valence-electron chi connectivity index (χ4n) is 2.95. The van der Waals surface area contributed by atoms with Crippen LogP contribution in [0, 0.1) is 5.82 Å². The van der Waals surface area contributed by atoms with Crippen LogP contribution in [0.15, 0.2) is 48.5 Å². The van der Waals surface area contributed by atoms with Crippen LogP contribution < -0.4 is 5.32 Å². The third-order valence-corrected chi connectivity index (χ3v) is 4.16. The number of methoxy groups -OCH3 is 1. The van der Waals surface area contributed by atoms with Gasteiger partial charge in [-0.2, -0.15) is 0 Å². The molecule has 0 spiro atoms. The highest BCUT2D eigenvalue weighted by Crippen LogP contribution is 2.31. The van der Waals surface area contributed by atoms with Gasteiger partial charge in [0, 0.05) is 36.7 Å². The van der Waals surface area contributed by atoms with E-state index in [2.05, 4.69) is 10.3 Å². The Kier molecular flexibility index (Phi) is 5.46. The molecule has 1 aromatic heterocycles. The van der Waals surface area contributed by atoms with E-state index in [1.54, 1.807) is 13.2 Å². The van der Waals surface area contributed by atoms with E-state index in [0.29, 0.717) is 26.0 Å². The lowest BCUT2D eigenvalue weighted by molar-refractivity contribution is -0.121. The molecule has 0 aliphatic heterocycles. The molecule has 0 atom stereocenters. The van der Waals surface area contributed by atoms with Crippen molar-refractivity contribution >= 4 is 16.8 Å². The topological polar surface area (TPSA) is 54.1 Å². The summed E-state index contributed by atoms with van der Waals surface area (Å²) in [6.07, 6.45) is 0.875. The largest absolute Gasteiger partial charge is 0.383 e.